The molecule has 3 aliphatic rings. The van der Waals surface area contributed by atoms with Gasteiger partial charge in [0.15, 0.2) is 5.17 Å². The van der Waals surface area contributed by atoms with Crippen molar-refractivity contribution in [2.75, 3.05) is 5.75 Å². The summed E-state index contributed by atoms with van der Waals surface area (Å²) in [6.45, 7) is 2.19. The fraction of sp³-hybridized carbons (Fsp3) is 0.636. The summed E-state index contributed by atoms with van der Waals surface area (Å²) in [7, 11) is 0. The third-order valence-electron chi connectivity index (χ3n) is 6.36. The van der Waals surface area contributed by atoms with E-state index in [9.17, 15) is 5.26 Å². The van der Waals surface area contributed by atoms with E-state index in [2.05, 4.69) is 24.0 Å². The predicted molar refractivity (Wildman–Crippen MR) is 110 cm³/mol. The van der Waals surface area contributed by atoms with Gasteiger partial charge in [0.05, 0.1) is 22.9 Å². The lowest BCUT2D eigenvalue weighted by atomic mass is 9.95. The lowest BCUT2D eigenvalue weighted by molar-refractivity contribution is 0.163. The highest BCUT2D eigenvalue weighted by Gasteiger charge is 2.49. The molecule has 0 amide bonds. The molecule has 26 heavy (non-hydrogen) atoms. The van der Waals surface area contributed by atoms with Crippen LogP contribution < -0.4 is 0 Å². The molecule has 1 aliphatic heterocycles. The van der Waals surface area contributed by atoms with Crippen LogP contribution in [-0.4, -0.2) is 27.4 Å². The Hall–Kier alpha value is -1.47. The van der Waals surface area contributed by atoms with E-state index in [0.717, 1.165) is 24.1 Å². The molecule has 1 heterocycles. The standard InChI is InChI=1S/C22H29N3S/c1-2-7-18-14-17(15-23)10-11-20(18)24-21-25(19-8-3-4-9-19)22(16-26-21)12-5-6-13-22/h10-11,14,19H,2-9,12-13,16H2,1H3. The van der Waals surface area contributed by atoms with Gasteiger partial charge in [0.2, 0.25) is 0 Å². The first-order chi connectivity index (χ1) is 12.8. The normalized spacial score (nSPS) is 24.0. The molecule has 1 saturated heterocycles. The summed E-state index contributed by atoms with van der Waals surface area (Å²) in [5.74, 6) is 1.21. The van der Waals surface area contributed by atoms with Crippen LogP contribution in [-0.2, 0) is 6.42 Å². The van der Waals surface area contributed by atoms with Gasteiger partial charge >= 0.3 is 0 Å². The Morgan fingerprint density at radius 1 is 1.23 bits per heavy atom. The largest absolute Gasteiger partial charge is 0.342 e. The molecule has 3 nitrogen and oxygen atoms in total. The maximum absolute atomic E-state index is 9.23. The number of nitrogens with zero attached hydrogens (tertiary/aromatic N) is 3. The number of hydrogen-bond donors (Lipinski definition) is 0. The summed E-state index contributed by atoms with van der Waals surface area (Å²) in [6.07, 6.45) is 12.9. The van der Waals surface area contributed by atoms with E-state index in [1.54, 1.807) is 0 Å². The second-order valence-corrected chi connectivity index (χ2v) is 9.07. The van der Waals surface area contributed by atoms with Gasteiger partial charge < -0.3 is 4.90 Å². The highest BCUT2D eigenvalue weighted by atomic mass is 32.2. The average molecular weight is 368 g/mol. The fourth-order valence-corrected chi connectivity index (χ4v) is 6.56. The second kappa shape index (κ2) is 7.64. The molecular weight excluding hydrogens is 338 g/mol. The molecule has 0 unspecified atom stereocenters. The molecule has 0 atom stereocenters. The minimum Gasteiger partial charge on any atom is -0.342 e. The van der Waals surface area contributed by atoms with Crippen molar-refractivity contribution >= 4 is 22.6 Å². The summed E-state index contributed by atoms with van der Waals surface area (Å²) in [4.78, 5) is 7.95. The molecule has 2 saturated carbocycles. The summed E-state index contributed by atoms with van der Waals surface area (Å²) < 4.78 is 0. The van der Waals surface area contributed by atoms with Crippen LogP contribution in [0.1, 0.15) is 75.8 Å². The summed E-state index contributed by atoms with van der Waals surface area (Å²) in [5, 5.41) is 10.5. The maximum Gasteiger partial charge on any atom is 0.165 e. The topological polar surface area (TPSA) is 39.4 Å². The van der Waals surface area contributed by atoms with E-state index < -0.39 is 0 Å². The zero-order chi connectivity index (χ0) is 18.0. The van der Waals surface area contributed by atoms with E-state index >= 15 is 0 Å². The zero-order valence-electron chi connectivity index (χ0n) is 15.8. The lowest BCUT2D eigenvalue weighted by Gasteiger charge is -2.40. The Kier molecular flexibility index (Phi) is 5.27. The third kappa shape index (κ3) is 3.27. The molecule has 3 fully saturated rings. The number of aliphatic imine (C=N–C) groups is 1. The molecule has 138 valence electrons. The first-order valence-corrected chi connectivity index (χ1v) is 11.3. The number of hydrogen-bond acceptors (Lipinski definition) is 3. The van der Waals surface area contributed by atoms with Gasteiger partial charge in [0, 0.05) is 11.8 Å². The Labute approximate surface area is 161 Å². The van der Waals surface area contributed by atoms with E-state index in [1.165, 1.54) is 67.9 Å². The van der Waals surface area contributed by atoms with Gasteiger partial charge in [-0.05, 0) is 55.9 Å². The van der Waals surface area contributed by atoms with Crippen molar-refractivity contribution in [1.82, 2.24) is 4.90 Å². The van der Waals surface area contributed by atoms with Crippen LogP contribution in [0, 0.1) is 11.3 Å². The molecule has 4 heteroatoms. The van der Waals surface area contributed by atoms with E-state index in [4.69, 9.17) is 4.99 Å². The van der Waals surface area contributed by atoms with Crippen LogP contribution >= 0.6 is 11.8 Å². The van der Waals surface area contributed by atoms with Crippen molar-refractivity contribution in [2.24, 2.45) is 4.99 Å². The molecular formula is C22H29N3S. The number of rotatable bonds is 4. The number of nitriles is 1. The fourth-order valence-electron chi connectivity index (χ4n) is 5.09. The smallest absolute Gasteiger partial charge is 0.165 e. The second-order valence-electron chi connectivity index (χ2n) is 8.13. The van der Waals surface area contributed by atoms with Crippen LogP contribution in [0.25, 0.3) is 0 Å². The highest BCUT2D eigenvalue weighted by Crippen LogP contribution is 2.48. The van der Waals surface area contributed by atoms with Crippen LogP contribution in [0.3, 0.4) is 0 Å². The van der Waals surface area contributed by atoms with Gasteiger partial charge in [0.1, 0.15) is 0 Å². The molecule has 4 rings (SSSR count). The SMILES string of the molecule is CCCc1cc(C#N)ccc1N=C1SCC2(CCCC2)N1C1CCCC1. The van der Waals surface area contributed by atoms with Crippen molar-refractivity contribution in [3.8, 4) is 6.07 Å². The summed E-state index contributed by atoms with van der Waals surface area (Å²) in [5.41, 5.74) is 3.41. The first-order valence-electron chi connectivity index (χ1n) is 10.3. The molecule has 2 aliphatic carbocycles. The van der Waals surface area contributed by atoms with Crippen molar-refractivity contribution in [3.05, 3.63) is 29.3 Å². The summed E-state index contributed by atoms with van der Waals surface area (Å²) in [6, 6.07) is 8.98. The minimum atomic E-state index is 0.371. The van der Waals surface area contributed by atoms with Crippen LogP contribution in [0.2, 0.25) is 0 Å². The quantitative estimate of drug-likeness (QED) is 0.675. The number of thioether (sulfide) groups is 1. The van der Waals surface area contributed by atoms with Crippen molar-refractivity contribution in [3.63, 3.8) is 0 Å². The third-order valence-corrected chi connectivity index (χ3v) is 7.58. The number of aryl methyl sites for hydroxylation is 1. The molecule has 1 aromatic rings. The predicted octanol–water partition coefficient (Wildman–Crippen LogP) is 5.80. The van der Waals surface area contributed by atoms with Crippen LogP contribution in [0.4, 0.5) is 5.69 Å². The highest BCUT2D eigenvalue weighted by molar-refractivity contribution is 8.14. The van der Waals surface area contributed by atoms with E-state index in [0.29, 0.717) is 11.6 Å². The zero-order valence-corrected chi connectivity index (χ0v) is 16.7. The average Bonchev–Trinajstić information content (AvgIpc) is 3.40. The Morgan fingerprint density at radius 2 is 2.00 bits per heavy atom. The van der Waals surface area contributed by atoms with E-state index in [-0.39, 0.29) is 0 Å². The van der Waals surface area contributed by atoms with Crippen molar-refractivity contribution in [1.29, 1.82) is 5.26 Å². The molecule has 1 aromatic carbocycles. The number of benzene rings is 1. The molecule has 0 bridgehead atoms. The summed E-state index contributed by atoms with van der Waals surface area (Å²) >= 11 is 1.98. The molecule has 1 spiro atoms. The van der Waals surface area contributed by atoms with Crippen LogP contribution in [0.15, 0.2) is 23.2 Å². The molecule has 0 radical (unpaired) electrons. The Morgan fingerprint density at radius 3 is 2.69 bits per heavy atom. The van der Waals surface area contributed by atoms with Crippen LogP contribution in [0.5, 0.6) is 0 Å². The molecule has 0 aromatic heterocycles. The van der Waals surface area contributed by atoms with Gasteiger partial charge in [-0.25, -0.2) is 4.99 Å². The van der Waals surface area contributed by atoms with Gasteiger partial charge in [-0.3, -0.25) is 0 Å². The van der Waals surface area contributed by atoms with Gasteiger partial charge in [-0.1, -0.05) is 50.8 Å². The van der Waals surface area contributed by atoms with Gasteiger partial charge in [-0.2, -0.15) is 5.26 Å². The van der Waals surface area contributed by atoms with Crippen molar-refractivity contribution in [2.45, 2.75) is 82.7 Å². The maximum atomic E-state index is 9.23. The minimum absolute atomic E-state index is 0.371. The lowest BCUT2D eigenvalue weighted by Crippen LogP contribution is -2.50. The van der Waals surface area contributed by atoms with E-state index in [1.807, 2.05) is 23.9 Å². The van der Waals surface area contributed by atoms with Gasteiger partial charge in [-0.15, -0.1) is 0 Å². The Bertz CT molecular complexity index is 721. The van der Waals surface area contributed by atoms with Crippen molar-refractivity contribution < 1.29 is 0 Å². The van der Waals surface area contributed by atoms with Gasteiger partial charge in [0.25, 0.3) is 0 Å². The monoisotopic (exact) mass is 367 g/mol. The first kappa shape index (κ1) is 17.9. The molecule has 0 N–H and O–H groups in total. The number of amidine groups is 1. The Balaban J connectivity index is 1.70.